The van der Waals surface area contributed by atoms with E-state index < -0.39 is 0 Å². The molecule has 5 rings (SSSR count). The molecule has 0 radical (unpaired) electrons. The zero-order valence-electron chi connectivity index (χ0n) is 15.2. The van der Waals surface area contributed by atoms with Gasteiger partial charge in [0.1, 0.15) is 22.8 Å². The number of fused-ring (bicyclic) bond motifs is 2. The lowest BCUT2D eigenvalue weighted by molar-refractivity contribution is 0.0751. The largest absolute Gasteiger partial charge is 0.352 e. The molecular weight excluding hydrogens is 395 g/mol. The number of nitrogens with zero attached hydrogens (tertiary/aromatic N) is 4. The van der Waals surface area contributed by atoms with Gasteiger partial charge in [-0.2, -0.15) is 0 Å². The number of carbonyl (C=O) groups is 1. The Morgan fingerprint density at radius 1 is 1.14 bits per heavy atom. The molecule has 1 aliphatic heterocycles. The standard InChI is InChI=1S/C20H17FN4OS2/c1-12-16-14(21)3-2-4-15(16)28-17(12)20(26)25-8-6-24(7-9-25)18-13-5-10-27-19(13)23-11-22-18/h2-5,10-11H,6-9H2,1H3. The number of carbonyl (C=O) groups excluding carboxylic acids is 1. The van der Waals surface area contributed by atoms with Crippen molar-refractivity contribution in [2.45, 2.75) is 6.92 Å². The highest BCUT2D eigenvalue weighted by Gasteiger charge is 2.27. The van der Waals surface area contributed by atoms with E-state index in [2.05, 4.69) is 14.9 Å². The van der Waals surface area contributed by atoms with Crippen LogP contribution in [-0.2, 0) is 0 Å². The minimum absolute atomic E-state index is 0.0129. The predicted octanol–water partition coefficient (Wildman–Crippen LogP) is 4.32. The topological polar surface area (TPSA) is 49.3 Å². The van der Waals surface area contributed by atoms with Crippen molar-refractivity contribution < 1.29 is 9.18 Å². The van der Waals surface area contributed by atoms with Crippen LogP contribution in [0.2, 0.25) is 0 Å². The third-order valence-electron chi connectivity index (χ3n) is 5.20. The highest BCUT2D eigenvalue weighted by Crippen LogP contribution is 2.34. The van der Waals surface area contributed by atoms with Gasteiger partial charge in [0.05, 0.1) is 10.3 Å². The summed E-state index contributed by atoms with van der Waals surface area (Å²) >= 11 is 2.98. The summed E-state index contributed by atoms with van der Waals surface area (Å²) < 4.78 is 15.0. The number of hydrogen-bond donors (Lipinski definition) is 0. The van der Waals surface area contributed by atoms with E-state index in [4.69, 9.17) is 0 Å². The van der Waals surface area contributed by atoms with E-state index in [0.717, 1.165) is 26.3 Å². The van der Waals surface area contributed by atoms with Crippen molar-refractivity contribution >= 4 is 54.7 Å². The van der Waals surface area contributed by atoms with Crippen molar-refractivity contribution in [3.05, 3.63) is 52.2 Å². The molecule has 0 spiro atoms. The Morgan fingerprint density at radius 2 is 1.96 bits per heavy atom. The average Bonchev–Trinajstić information content (AvgIpc) is 3.33. The lowest BCUT2D eigenvalue weighted by Gasteiger charge is -2.35. The highest BCUT2D eigenvalue weighted by molar-refractivity contribution is 7.21. The molecule has 5 nitrogen and oxygen atoms in total. The fourth-order valence-corrected chi connectivity index (χ4v) is 5.67. The summed E-state index contributed by atoms with van der Waals surface area (Å²) in [7, 11) is 0. The molecule has 28 heavy (non-hydrogen) atoms. The zero-order chi connectivity index (χ0) is 19.3. The highest BCUT2D eigenvalue weighted by atomic mass is 32.1. The molecule has 0 atom stereocenters. The van der Waals surface area contributed by atoms with E-state index in [1.807, 2.05) is 29.3 Å². The fraction of sp³-hybridized carbons (Fsp3) is 0.250. The van der Waals surface area contributed by atoms with E-state index in [1.54, 1.807) is 23.7 Å². The van der Waals surface area contributed by atoms with Gasteiger partial charge in [-0.1, -0.05) is 6.07 Å². The molecule has 1 fully saturated rings. The summed E-state index contributed by atoms with van der Waals surface area (Å²) in [5.41, 5.74) is 0.737. The number of halogens is 1. The van der Waals surface area contributed by atoms with E-state index in [0.29, 0.717) is 36.4 Å². The van der Waals surface area contributed by atoms with Gasteiger partial charge in [0.15, 0.2) is 0 Å². The number of aromatic nitrogens is 2. The summed E-state index contributed by atoms with van der Waals surface area (Å²) in [5.74, 6) is 0.651. The van der Waals surface area contributed by atoms with Gasteiger partial charge in [0, 0.05) is 36.3 Å². The van der Waals surface area contributed by atoms with E-state index in [1.165, 1.54) is 17.4 Å². The van der Waals surface area contributed by atoms with Crippen molar-refractivity contribution in [2.75, 3.05) is 31.1 Å². The molecule has 4 heterocycles. The van der Waals surface area contributed by atoms with Crippen molar-refractivity contribution in [1.82, 2.24) is 14.9 Å². The van der Waals surface area contributed by atoms with Crippen molar-refractivity contribution in [2.24, 2.45) is 0 Å². The van der Waals surface area contributed by atoms with Crippen LogP contribution in [0.4, 0.5) is 10.2 Å². The second-order valence-electron chi connectivity index (χ2n) is 6.79. The maximum atomic E-state index is 14.2. The molecule has 0 unspecified atom stereocenters. The number of hydrogen-bond acceptors (Lipinski definition) is 6. The molecule has 0 N–H and O–H groups in total. The van der Waals surface area contributed by atoms with Gasteiger partial charge >= 0.3 is 0 Å². The smallest absolute Gasteiger partial charge is 0.264 e. The molecule has 8 heteroatoms. The number of thiophene rings is 2. The van der Waals surface area contributed by atoms with Crippen LogP contribution in [0.25, 0.3) is 20.3 Å². The third kappa shape index (κ3) is 2.75. The summed E-state index contributed by atoms with van der Waals surface area (Å²) in [6.07, 6.45) is 1.60. The Hall–Kier alpha value is -2.58. The Morgan fingerprint density at radius 3 is 2.75 bits per heavy atom. The molecule has 1 aromatic carbocycles. The minimum atomic E-state index is -0.265. The third-order valence-corrected chi connectivity index (χ3v) is 7.27. The van der Waals surface area contributed by atoms with Crippen LogP contribution in [0.5, 0.6) is 0 Å². The molecule has 3 aromatic heterocycles. The molecule has 1 amide bonds. The van der Waals surface area contributed by atoms with Gasteiger partial charge in [0.2, 0.25) is 0 Å². The number of amides is 1. The lowest BCUT2D eigenvalue weighted by Crippen LogP contribution is -2.49. The number of benzene rings is 1. The van der Waals surface area contributed by atoms with Crippen LogP contribution in [0.15, 0.2) is 36.0 Å². The monoisotopic (exact) mass is 412 g/mol. The van der Waals surface area contributed by atoms with E-state index in [-0.39, 0.29) is 11.7 Å². The average molecular weight is 413 g/mol. The zero-order valence-corrected chi connectivity index (χ0v) is 16.8. The Bertz CT molecular complexity index is 1190. The quantitative estimate of drug-likeness (QED) is 0.492. The van der Waals surface area contributed by atoms with E-state index in [9.17, 15) is 9.18 Å². The Kier molecular flexibility index (Phi) is 4.25. The first kappa shape index (κ1) is 17.5. The Balaban J connectivity index is 1.37. The molecule has 1 aliphatic rings. The summed E-state index contributed by atoms with van der Waals surface area (Å²) in [5, 5.41) is 3.64. The van der Waals surface area contributed by atoms with Crippen LogP contribution >= 0.6 is 22.7 Å². The van der Waals surface area contributed by atoms with E-state index >= 15 is 0 Å². The van der Waals surface area contributed by atoms with Crippen molar-refractivity contribution in [3.63, 3.8) is 0 Å². The maximum Gasteiger partial charge on any atom is 0.264 e. The first-order valence-electron chi connectivity index (χ1n) is 9.03. The fourth-order valence-electron chi connectivity index (χ4n) is 3.75. The van der Waals surface area contributed by atoms with Gasteiger partial charge in [-0.05, 0) is 36.1 Å². The summed E-state index contributed by atoms with van der Waals surface area (Å²) in [6.45, 7) is 4.49. The molecule has 0 saturated carbocycles. The minimum Gasteiger partial charge on any atom is -0.352 e. The van der Waals surface area contributed by atoms with Crippen molar-refractivity contribution in [3.8, 4) is 0 Å². The molecular formula is C20H17FN4OS2. The molecule has 0 aliphatic carbocycles. The first-order chi connectivity index (χ1) is 13.6. The van der Waals surface area contributed by atoms with Crippen LogP contribution in [0.3, 0.4) is 0 Å². The molecule has 4 aromatic rings. The summed E-state index contributed by atoms with van der Waals surface area (Å²) in [6, 6.07) is 7.05. The second kappa shape index (κ2) is 6.79. The van der Waals surface area contributed by atoms with Crippen molar-refractivity contribution in [1.29, 1.82) is 0 Å². The van der Waals surface area contributed by atoms with Crippen LogP contribution in [0, 0.1) is 12.7 Å². The lowest BCUT2D eigenvalue weighted by atomic mass is 10.1. The van der Waals surface area contributed by atoms with Gasteiger partial charge < -0.3 is 9.80 Å². The normalized spacial score (nSPS) is 14.9. The number of anilines is 1. The van der Waals surface area contributed by atoms with Gasteiger partial charge in [0.25, 0.3) is 5.91 Å². The van der Waals surface area contributed by atoms with Crippen LogP contribution < -0.4 is 4.90 Å². The summed E-state index contributed by atoms with van der Waals surface area (Å²) in [4.78, 5) is 27.5. The maximum absolute atomic E-state index is 14.2. The Labute approximate surface area is 169 Å². The number of rotatable bonds is 2. The van der Waals surface area contributed by atoms with Gasteiger partial charge in [-0.3, -0.25) is 4.79 Å². The first-order valence-corrected chi connectivity index (χ1v) is 10.7. The number of piperazine rings is 1. The molecule has 1 saturated heterocycles. The predicted molar refractivity (Wildman–Crippen MR) is 112 cm³/mol. The SMILES string of the molecule is Cc1c(C(=O)N2CCN(c3ncnc4sccc34)CC2)sc2cccc(F)c12. The molecule has 0 bridgehead atoms. The number of aryl methyl sites for hydroxylation is 1. The van der Waals surface area contributed by atoms with Crippen LogP contribution in [-0.4, -0.2) is 47.0 Å². The van der Waals surface area contributed by atoms with Crippen LogP contribution in [0.1, 0.15) is 15.2 Å². The molecule has 142 valence electrons. The van der Waals surface area contributed by atoms with Gasteiger partial charge in [-0.15, -0.1) is 22.7 Å². The van der Waals surface area contributed by atoms with Gasteiger partial charge in [-0.25, -0.2) is 14.4 Å². The second-order valence-corrected chi connectivity index (χ2v) is 8.73.